The standard InChI is InChI=1S/C11H21N7O/c1-18(2)11-15-9(14-10(16-11)17-12)13-5-3-8-4-6-19-7-8/h8H,3-7,12H2,1-2H3,(H2,13,14,15,16,17). The Bertz CT molecular complexity index is 406. The molecule has 1 unspecified atom stereocenters. The molecule has 8 heteroatoms. The molecular formula is C11H21N7O. The van der Waals surface area contributed by atoms with Gasteiger partial charge in [-0.25, -0.2) is 5.84 Å². The normalized spacial score (nSPS) is 18.4. The minimum atomic E-state index is 0.352. The van der Waals surface area contributed by atoms with Gasteiger partial charge in [0, 0.05) is 33.9 Å². The molecule has 8 nitrogen and oxygen atoms in total. The van der Waals surface area contributed by atoms with Gasteiger partial charge in [0.2, 0.25) is 17.8 Å². The number of aromatic nitrogens is 3. The molecule has 1 saturated heterocycles. The van der Waals surface area contributed by atoms with Gasteiger partial charge in [0.1, 0.15) is 0 Å². The van der Waals surface area contributed by atoms with Gasteiger partial charge in [-0.05, 0) is 18.8 Å². The summed E-state index contributed by atoms with van der Waals surface area (Å²) in [6, 6.07) is 0. The van der Waals surface area contributed by atoms with Crippen molar-refractivity contribution in [3.05, 3.63) is 0 Å². The first kappa shape index (κ1) is 13.8. The monoisotopic (exact) mass is 267 g/mol. The highest BCUT2D eigenvalue weighted by atomic mass is 16.5. The largest absolute Gasteiger partial charge is 0.381 e. The number of nitrogens with two attached hydrogens (primary N) is 1. The summed E-state index contributed by atoms with van der Waals surface area (Å²) in [5, 5.41) is 3.20. The van der Waals surface area contributed by atoms with E-state index in [1.54, 1.807) is 4.90 Å². The zero-order valence-corrected chi connectivity index (χ0v) is 11.4. The third kappa shape index (κ3) is 3.90. The smallest absolute Gasteiger partial charge is 0.243 e. The van der Waals surface area contributed by atoms with Crippen molar-refractivity contribution in [2.75, 3.05) is 49.5 Å². The molecule has 1 aromatic rings. The SMILES string of the molecule is CN(C)c1nc(NN)nc(NCCC2CCOC2)n1. The molecule has 0 aromatic carbocycles. The molecular weight excluding hydrogens is 246 g/mol. The zero-order chi connectivity index (χ0) is 13.7. The van der Waals surface area contributed by atoms with E-state index in [2.05, 4.69) is 25.7 Å². The summed E-state index contributed by atoms with van der Waals surface area (Å²) in [6.45, 7) is 2.55. The Morgan fingerprint density at radius 2 is 2.11 bits per heavy atom. The Kier molecular flexibility index (Phi) is 4.69. The second-order valence-corrected chi connectivity index (χ2v) is 4.77. The molecule has 0 bridgehead atoms. The van der Waals surface area contributed by atoms with Crippen LogP contribution in [0, 0.1) is 5.92 Å². The minimum Gasteiger partial charge on any atom is -0.381 e. The maximum absolute atomic E-state index is 5.35. The molecule has 106 valence electrons. The van der Waals surface area contributed by atoms with E-state index in [0.29, 0.717) is 23.8 Å². The van der Waals surface area contributed by atoms with Gasteiger partial charge in [0.15, 0.2) is 0 Å². The van der Waals surface area contributed by atoms with Crippen LogP contribution < -0.4 is 21.5 Å². The van der Waals surface area contributed by atoms with E-state index in [9.17, 15) is 0 Å². The number of nitrogens with zero attached hydrogens (tertiary/aromatic N) is 4. The first-order valence-corrected chi connectivity index (χ1v) is 6.40. The molecule has 1 aliphatic rings. The molecule has 0 radical (unpaired) electrons. The van der Waals surface area contributed by atoms with E-state index in [1.165, 1.54) is 0 Å². The highest BCUT2D eigenvalue weighted by Crippen LogP contribution is 2.16. The van der Waals surface area contributed by atoms with Gasteiger partial charge in [-0.1, -0.05) is 0 Å². The lowest BCUT2D eigenvalue weighted by atomic mass is 10.1. The second-order valence-electron chi connectivity index (χ2n) is 4.77. The van der Waals surface area contributed by atoms with E-state index in [0.717, 1.165) is 32.6 Å². The van der Waals surface area contributed by atoms with E-state index in [-0.39, 0.29) is 0 Å². The van der Waals surface area contributed by atoms with E-state index in [4.69, 9.17) is 10.6 Å². The number of nitrogens with one attached hydrogen (secondary N) is 2. The van der Waals surface area contributed by atoms with Gasteiger partial charge >= 0.3 is 0 Å². The van der Waals surface area contributed by atoms with Crippen LogP contribution in [-0.4, -0.2) is 48.8 Å². The van der Waals surface area contributed by atoms with Crippen LogP contribution in [0.3, 0.4) is 0 Å². The topological polar surface area (TPSA) is 101 Å². The summed E-state index contributed by atoms with van der Waals surface area (Å²) in [5.74, 6) is 7.43. The van der Waals surface area contributed by atoms with Crippen LogP contribution in [0.1, 0.15) is 12.8 Å². The van der Waals surface area contributed by atoms with Crippen molar-refractivity contribution in [3.63, 3.8) is 0 Å². The fourth-order valence-corrected chi connectivity index (χ4v) is 1.91. The van der Waals surface area contributed by atoms with Crippen LogP contribution in [0.2, 0.25) is 0 Å². The summed E-state index contributed by atoms with van der Waals surface area (Å²) >= 11 is 0. The quantitative estimate of drug-likeness (QED) is 0.491. The van der Waals surface area contributed by atoms with E-state index >= 15 is 0 Å². The Morgan fingerprint density at radius 1 is 1.32 bits per heavy atom. The maximum Gasteiger partial charge on any atom is 0.243 e. The molecule has 1 atom stereocenters. The molecule has 1 fully saturated rings. The third-order valence-corrected chi connectivity index (χ3v) is 3.01. The summed E-state index contributed by atoms with van der Waals surface area (Å²) in [5.41, 5.74) is 2.45. The first-order valence-electron chi connectivity index (χ1n) is 6.40. The fourth-order valence-electron chi connectivity index (χ4n) is 1.91. The van der Waals surface area contributed by atoms with Gasteiger partial charge in [-0.15, -0.1) is 0 Å². The van der Waals surface area contributed by atoms with Crippen molar-refractivity contribution in [1.82, 2.24) is 15.0 Å². The third-order valence-electron chi connectivity index (χ3n) is 3.01. The predicted octanol–water partition coefficient (Wildman–Crippen LogP) is 0.0617. The molecule has 0 aliphatic carbocycles. The van der Waals surface area contributed by atoms with Crippen molar-refractivity contribution < 1.29 is 4.74 Å². The Balaban J connectivity index is 1.92. The first-order chi connectivity index (χ1) is 9.19. The number of rotatable bonds is 6. The van der Waals surface area contributed by atoms with Crippen molar-refractivity contribution >= 4 is 17.8 Å². The highest BCUT2D eigenvalue weighted by Gasteiger charge is 2.15. The molecule has 0 saturated carbocycles. The molecule has 1 aliphatic heterocycles. The summed E-state index contributed by atoms with van der Waals surface area (Å²) in [4.78, 5) is 14.4. The van der Waals surface area contributed by atoms with E-state index < -0.39 is 0 Å². The lowest BCUT2D eigenvalue weighted by molar-refractivity contribution is 0.185. The van der Waals surface area contributed by atoms with Gasteiger partial charge in [-0.3, -0.25) is 5.43 Å². The number of nitrogen functional groups attached to an aromatic ring is 1. The lowest BCUT2D eigenvalue weighted by Gasteiger charge is -2.13. The van der Waals surface area contributed by atoms with Gasteiger partial charge in [-0.2, -0.15) is 15.0 Å². The fraction of sp³-hybridized carbons (Fsp3) is 0.727. The Morgan fingerprint density at radius 3 is 2.74 bits per heavy atom. The maximum atomic E-state index is 5.35. The van der Waals surface area contributed by atoms with Crippen LogP contribution in [0.15, 0.2) is 0 Å². The number of hydrazine groups is 1. The number of hydrogen-bond donors (Lipinski definition) is 3. The van der Waals surface area contributed by atoms with Crippen molar-refractivity contribution in [2.45, 2.75) is 12.8 Å². The van der Waals surface area contributed by atoms with Gasteiger partial charge in [0.25, 0.3) is 0 Å². The molecule has 2 heterocycles. The summed E-state index contributed by atoms with van der Waals surface area (Å²) < 4.78 is 5.34. The number of anilines is 3. The van der Waals surface area contributed by atoms with Crippen molar-refractivity contribution in [2.24, 2.45) is 11.8 Å². The van der Waals surface area contributed by atoms with Crippen LogP contribution in [0.5, 0.6) is 0 Å². The number of ether oxygens (including phenoxy) is 1. The van der Waals surface area contributed by atoms with Crippen LogP contribution in [0.25, 0.3) is 0 Å². The average molecular weight is 267 g/mol. The van der Waals surface area contributed by atoms with Crippen LogP contribution >= 0.6 is 0 Å². The average Bonchev–Trinajstić information content (AvgIpc) is 2.91. The second kappa shape index (κ2) is 6.48. The lowest BCUT2D eigenvalue weighted by Crippen LogP contribution is -2.19. The highest BCUT2D eigenvalue weighted by molar-refractivity contribution is 5.42. The molecule has 2 rings (SSSR count). The predicted molar refractivity (Wildman–Crippen MR) is 74.0 cm³/mol. The van der Waals surface area contributed by atoms with Crippen LogP contribution in [0.4, 0.5) is 17.8 Å². The molecule has 1 aromatic heterocycles. The summed E-state index contributed by atoms with van der Waals surface area (Å²) in [7, 11) is 3.74. The zero-order valence-electron chi connectivity index (χ0n) is 11.4. The number of hydrogen-bond acceptors (Lipinski definition) is 8. The molecule has 4 N–H and O–H groups in total. The molecule has 0 spiro atoms. The van der Waals surface area contributed by atoms with E-state index in [1.807, 2.05) is 14.1 Å². The minimum absolute atomic E-state index is 0.352. The summed E-state index contributed by atoms with van der Waals surface area (Å²) in [6.07, 6.45) is 2.19. The van der Waals surface area contributed by atoms with Crippen LogP contribution in [-0.2, 0) is 4.74 Å². The van der Waals surface area contributed by atoms with Gasteiger partial charge in [0.05, 0.1) is 0 Å². The molecule has 0 amide bonds. The van der Waals surface area contributed by atoms with Crippen molar-refractivity contribution in [3.8, 4) is 0 Å². The van der Waals surface area contributed by atoms with Gasteiger partial charge < -0.3 is 15.0 Å². The Hall–Kier alpha value is -1.67. The van der Waals surface area contributed by atoms with Crippen molar-refractivity contribution in [1.29, 1.82) is 0 Å². The Labute approximate surface area is 112 Å². The molecule has 19 heavy (non-hydrogen) atoms.